The molecule has 3 unspecified atom stereocenters. The van der Waals surface area contributed by atoms with Crippen LogP contribution < -0.4 is 5.32 Å². The summed E-state index contributed by atoms with van der Waals surface area (Å²) in [5.74, 6) is 0.592. The zero-order chi connectivity index (χ0) is 13.8. The van der Waals surface area contributed by atoms with Crippen LogP contribution in [0.3, 0.4) is 0 Å². The van der Waals surface area contributed by atoms with Crippen molar-refractivity contribution in [3.63, 3.8) is 0 Å². The van der Waals surface area contributed by atoms with Crippen LogP contribution in [-0.2, 0) is 4.74 Å². The zero-order valence-electron chi connectivity index (χ0n) is 11.4. The van der Waals surface area contributed by atoms with Crippen molar-refractivity contribution < 1.29 is 4.74 Å². The van der Waals surface area contributed by atoms with Crippen molar-refractivity contribution in [2.75, 3.05) is 13.2 Å². The normalized spacial score (nSPS) is 24.8. The van der Waals surface area contributed by atoms with Crippen molar-refractivity contribution in [3.05, 3.63) is 19.2 Å². The van der Waals surface area contributed by atoms with Crippen LogP contribution in [0.4, 0.5) is 0 Å². The van der Waals surface area contributed by atoms with Crippen LogP contribution in [0.25, 0.3) is 0 Å². The van der Waals surface area contributed by atoms with Gasteiger partial charge in [-0.1, -0.05) is 13.8 Å². The van der Waals surface area contributed by atoms with Crippen LogP contribution in [0.5, 0.6) is 0 Å². The van der Waals surface area contributed by atoms with Crippen LogP contribution in [0, 0.1) is 5.92 Å². The summed E-state index contributed by atoms with van der Waals surface area (Å²) in [6.45, 7) is 6.40. The van der Waals surface area contributed by atoms with Crippen molar-refractivity contribution in [1.82, 2.24) is 5.32 Å². The van der Waals surface area contributed by atoms with Crippen molar-refractivity contribution in [1.29, 1.82) is 0 Å². The third-order valence-electron chi connectivity index (χ3n) is 3.68. The Hall–Kier alpha value is 0.580. The zero-order valence-corrected chi connectivity index (χ0v) is 15.4. The van der Waals surface area contributed by atoms with Crippen LogP contribution in [0.15, 0.2) is 14.3 Å². The van der Waals surface area contributed by atoms with Crippen LogP contribution in [0.2, 0.25) is 0 Å². The molecule has 1 fully saturated rings. The van der Waals surface area contributed by atoms with E-state index >= 15 is 0 Å². The molecule has 1 aromatic heterocycles. The smallest absolute Gasteiger partial charge is 0.0843 e. The van der Waals surface area contributed by atoms with Gasteiger partial charge in [0.05, 0.1) is 9.89 Å². The van der Waals surface area contributed by atoms with E-state index in [1.54, 1.807) is 0 Å². The molecule has 0 aliphatic carbocycles. The molecule has 1 aliphatic heterocycles. The lowest BCUT2D eigenvalue weighted by Crippen LogP contribution is -2.32. The molecule has 1 saturated heterocycles. The average molecular weight is 411 g/mol. The van der Waals surface area contributed by atoms with Gasteiger partial charge in [0.1, 0.15) is 0 Å². The number of thiophene rings is 1. The van der Waals surface area contributed by atoms with Crippen LogP contribution in [0.1, 0.15) is 44.0 Å². The Morgan fingerprint density at radius 1 is 1.47 bits per heavy atom. The number of nitrogens with one attached hydrogen (secondary N) is 1. The fourth-order valence-electron chi connectivity index (χ4n) is 2.75. The van der Waals surface area contributed by atoms with Gasteiger partial charge in [-0.05, 0) is 63.7 Å². The van der Waals surface area contributed by atoms with Gasteiger partial charge in [0.25, 0.3) is 0 Å². The lowest BCUT2D eigenvalue weighted by atomic mass is 9.90. The van der Waals surface area contributed by atoms with E-state index in [-0.39, 0.29) is 0 Å². The standard InChI is InChI=1S/C14H21Br2NOS/c1-3-6-17-13(9-5-7-18-11(9)4-2)12-8-10(15)14(16)19-12/h8-9,11,13,17H,3-7H2,1-2H3. The number of ether oxygens (including phenoxy) is 1. The molecule has 1 aliphatic rings. The molecule has 0 spiro atoms. The van der Waals surface area contributed by atoms with Gasteiger partial charge in [-0.2, -0.15) is 0 Å². The van der Waals surface area contributed by atoms with Gasteiger partial charge in [-0.25, -0.2) is 0 Å². The monoisotopic (exact) mass is 409 g/mol. The summed E-state index contributed by atoms with van der Waals surface area (Å²) >= 11 is 9.03. The number of hydrogen-bond acceptors (Lipinski definition) is 3. The third kappa shape index (κ3) is 3.82. The summed E-state index contributed by atoms with van der Waals surface area (Å²) in [6.07, 6.45) is 3.82. The Bertz CT molecular complexity index is 391. The van der Waals surface area contributed by atoms with Gasteiger partial charge in [0.15, 0.2) is 0 Å². The highest BCUT2D eigenvalue weighted by Gasteiger charge is 2.35. The molecule has 2 nitrogen and oxygen atoms in total. The molecule has 0 radical (unpaired) electrons. The van der Waals surface area contributed by atoms with Gasteiger partial charge in [0.2, 0.25) is 0 Å². The molecule has 5 heteroatoms. The van der Waals surface area contributed by atoms with E-state index in [9.17, 15) is 0 Å². The summed E-state index contributed by atoms with van der Waals surface area (Å²) < 4.78 is 8.21. The van der Waals surface area contributed by atoms with E-state index in [1.807, 2.05) is 11.3 Å². The molecule has 19 heavy (non-hydrogen) atoms. The Morgan fingerprint density at radius 3 is 2.84 bits per heavy atom. The van der Waals surface area contributed by atoms with Gasteiger partial charge in [0, 0.05) is 27.9 Å². The van der Waals surface area contributed by atoms with Crippen molar-refractivity contribution in [2.45, 2.75) is 45.3 Å². The Labute approximate surface area is 136 Å². The molecule has 0 amide bonds. The summed E-state index contributed by atoms with van der Waals surface area (Å²) in [5, 5.41) is 3.72. The minimum atomic E-state index is 0.397. The second-order valence-corrected chi connectivity index (χ2v) is 8.23. The maximum absolute atomic E-state index is 5.88. The highest BCUT2D eigenvalue weighted by atomic mass is 79.9. The SMILES string of the molecule is CCCNC(c1cc(Br)c(Br)s1)C1CCOC1CC. The second kappa shape index (κ2) is 7.55. The molecule has 0 aromatic carbocycles. The van der Waals surface area contributed by atoms with Gasteiger partial charge in [-0.15, -0.1) is 11.3 Å². The highest BCUT2D eigenvalue weighted by molar-refractivity contribution is 9.13. The lowest BCUT2D eigenvalue weighted by molar-refractivity contribution is 0.0777. The molecule has 0 saturated carbocycles. The largest absolute Gasteiger partial charge is 0.378 e. The predicted molar refractivity (Wildman–Crippen MR) is 88.9 cm³/mol. The van der Waals surface area contributed by atoms with Crippen molar-refractivity contribution >= 4 is 43.2 Å². The molecule has 3 atom stereocenters. The average Bonchev–Trinajstić information content (AvgIpc) is 2.98. The van der Waals surface area contributed by atoms with Crippen LogP contribution >= 0.6 is 43.2 Å². The van der Waals surface area contributed by atoms with E-state index in [4.69, 9.17) is 4.74 Å². The Kier molecular flexibility index (Phi) is 6.34. The summed E-state index contributed by atoms with van der Waals surface area (Å²) in [5.41, 5.74) is 0. The second-order valence-electron chi connectivity index (χ2n) is 4.97. The maximum Gasteiger partial charge on any atom is 0.0843 e. The van der Waals surface area contributed by atoms with E-state index < -0.39 is 0 Å². The minimum absolute atomic E-state index is 0.397. The first-order chi connectivity index (χ1) is 9.17. The third-order valence-corrected chi connectivity index (χ3v) is 7.02. The summed E-state index contributed by atoms with van der Waals surface area (Å²) in [7, 11) is 0. The molecular weight excluding hydrogens is 390 g/mol. The Balaban J connectivity index is 2.19. The van der Waals surface area contributed by atoms with E-state index in [2.05, 4.69) is 57.1 Å². The minimum Gasteiger partial charge on any atom is -0.378 e. The fraction of sp³-hybridized carbons (Fsp3) is 0.714. The van der Waals surface area contributed by atoms with Gasteiger partial charge in [-0.3, -0.25) is 0 Å². The molecule has 108 valence electrons. The van der Waals surface area contributed by atoms with Crippen molar-refractivity contribution in [2.24, 2.45) is 5.92 Å². The van der Waals surface area contributed by atoms with Gasteiger partial charge < -0.3 is 10.1 Å². The maximum atomic E-state index is 5.88. The van der Waals surface area contributed by atoms with E-state index in [1.165, 1.54) is 8.66 Å². The quantitative estimate of drug-likeness (QED) is 0.701. The summed E-state index contributed by atoms with van der Waals surface area (Å²) in [6, 6.07) is 2.66. The molecule has 2 rings (SSSR count). The van der Waals surface area contributed by atoms with Crippen LogP contribution in [-0.4, -0.2) is 19.3 Å². The molecule has 0 bridgehead atoms. The molecular formula is C14H21Br2NOS. The first kappa shape index (κ1) is 16.0. The van der Waals surface area contributed by atoms with E-state index in [0.717, 1.165) is 36.9 Å². The van der Waals surface area contributed by atoms with Crippen molar-refractivity contribution in [3.8, 4) is 0 Å². The molecule has 1 aromatic rings. The molecule has 2 heterocycles. The highest BCUT2D eigenvalue weighted by Crippen LogP contribution is 2.41. The fourth-order valence-corrected chi connectivity index (χ4v) is 4.99. The van der Waals surface area contributed by atoms with E-state index in [0.29, 0.717) is 18.1 Å². The molecule has 1 N–H and O–H groups in total. The van der Waals surface area contributed by atoms with Gasteiger partial charge >= 0.3 is 0 Å². The first-order valence-corrected chi connectivity index (χ1v) is 9.37. The number of halogens is 2. The first-order valence-electron chi connectivity index (χ1n) is 6.97. The lowest BCUT2D eigenvalue weighted by Gasteiger charge is -2.27. The predicted octanol–water partition coefficient (Wildman–Crippen LogP) is 5.13. The number of hydrogen-bond donors (Lipinski definition) is 1. The number of rotatable bonds is 6. The Morgan fingerprint density at radius 2 is 2.26 bits per heavy atom. The summed E-state index contributed by atoms with van der Waals surface area (Å²) in [4.78, 5) is 1.40. The topological polar surface area (TPSA) is 21.3 Å².